The molecule has 0 amide bonds. The fraction of sp³-hybridized carbons (Fsp3) is 0.0667. The molecule has 5 aromatic rings. The van der Waals surface area contributed by atoms with Crippen molar-refractivity contribution < 1.29 is 8.42 Å². The van der Waals surface area contributed by atoms with Gasteiger partial charge in [-0.15, -0.1) is 0 Å². The van der Waals surface area contributed by atoms with Crippen LogP contribution in [0.4, 0.5) is 28.4 Å². The number of rotatable bonds is 7. The molecule has 5 aromatic carbocycles. The Balaban J connectivity index is 1.31. The number of nitrogens with one attached hydrogen (secondary N) is 1. The molecule has 0 unspecified atom stereocenters. The van der Waals surface area contributed by atoms with E-state index in [9.17, 15) is 8.42 Å². The second-order valence-electron chi connectivity index (χ2n) is 8.60. The maximum Gasteiger partial charge on any atom is 0.262 e. The van der Waals surface area contributed by atoms with Crippen LogP contribution in [0.15, 0.2) is 126 Å². The monoisotopic (exact) mass is 493 g/mol. The van der Waals surface area contributed by atoms with Crippen LogP contribution < -0.4 is 14.5 Å². The van der Waals surface area contributed by atoms with Crippen LogP contribution in [0.5, 0.6) is 0 Å². The molecule has 0 fully saturated rings. The van der Waals surface area contributed by atoms with Gasteiger partial charge in [-0.05, 0) is 72.1 Å². The van der Waals surface area contributed by atoms with Crippen LogP contribution in [0.25, 0.3) is 10.8 Å². The largest absolute Gasteiger partial charge is 0.345 e. The summed E-state index contributed by atoms with van der Waals surface area (Å²) < 4.78 is 29.0. The number of anilines is 5. The predicted octanol–water partition coefficient (Wildman–Crippen LogP) is 7.18. The summed E-state index contributed by atoms with van der Waals surface area (Å²) in [6.07, 6.45) is 0. The van der Waals surface area contributed by atoms with Crippen molar-refractivity contribution in [1.29, 1.82) is 0 Å². The highest BCUT2D eigenvalue weighted by Crippen LogP contribution is 2.30. The minimum atomic E-state index is -3.73. The highest BCUT2D eigenvalue weighted by molar-refractivity contribution is 7.93. The zero-order valence-electron chi connectivity index (χ0n) is 20.2. The average molecular weight is 494 g/mol. The van der Waals surface area contributed by atoms with Crippen molar-refractivity contribution in [2.24, 2.45) is 0 Å². The lowest BCUT2D eigenvalue weighted by Gasteiger charge is -2.23. The summed E-state index contributed by atoms with van der Waals surface area (Å²) in [6, 6.07) is 38.7. The fourth-order valence-electron chi connectivity index (χ4n) is 4.24. The first-order chi connectivity index (χ1) is 17.4. The van der Waals surface area contributed by atoms with Crippen LogP contribution in [-0.4, -0.2) is 22.5 Å². The van der Waals surface area contributed by atoms with Crippen molar-refractivity contribution in [3.63, 3.8) is 0 Å². The zero-order valence-corrected chi connectivity index (χ0v) is 21.0. The lowest BCUT2D eigenvalue weighted by molar-refractivity contribution is 0.602. The highest BCUT2D eigenvalue weighted by atomic mass is 32.2. The normalized spacial score (nSPS) is 11.3. The molecular formula is C30H27N3O2S. The molecule has 0 aliphatic carbocycles. The summed E-state index contributed by atoms with van der Waals surface area (Å²) in [7, 11) is 0.310. The van der Waals surface area contributed by atoms with Gasteiger partial charge in [0, 0.05) is 47.9 Å². The number of nitrogens with zero attached hydrogens (tertiary/aromatic N) is 2. The van der Waals surface area contributed by atoms with Crippen LogP contribution in [0.1, 0.15) is 0 Å². The summed E-state index contributed by atoms with van der Waals surface area (Å²) in [5.41, 5.74) is 4.72. The lowest BCUT2D eigenvalue weighted by Crippen LogP contribution is -2.14. The van der Waals surface area contributed by atoms with Gasteiger partial charge in [-0.2, -0.15) is 0 Å². The SMILES string of the molecule is CN(c1ccccc1)c1ccc(N(C)c2ccc(NS(=O)(=O)c3cccc4ccccc34)cc2)cc1. The van der Waals surface area contributed by atoms with E-state index in [-0.39, 0.29) is 4.90 Å². The predicted molar refractivity (Wildman–Crippen MR) is 150 cm³/mol. The van der Waals surface area contributed by atoms with Crippen molar-refractivity contribution in [1.82, 2.24) is 0 Å². The van der Waals surface area contributed by atoms with Gasteiger partial charge in [0.25, 0.3) is 10.0 Å². The second-order valence-corrected chi connectivity index (χ2v) is 10.3. The molecule has 0 aromatic heterocycles. The number of para-hydroxylation sites is 1. The van der Waals surface area contributed by atoms with Crippen LogP contribution >= 0.6 is 0 Å². The van der Waals surface area contributed by atoms with Crippen molar-refractivity contribution in [3.05, 3.63) is 121 Å². The first-order valence-corrected chi connectivity index (χ1v) is 13.1. The Morgan fingerprint density at radius 1 is 0.528 bits per heavy atom. The van der Waals surface area contributed by atoms with Crippen molar-refractivity contribution >= 4 is 49.2 Å². The fourth-order valence-corrected chi connectivity index (χ4v) is 5.53. The van der Waals surface area contributed by atoms with Gasteiger partial charge < -0.3 is 9.80 Å². The molecule has 180 valence electrons. The third-order valence-electron chi connectivity index (χ3n) is 6.31. The van der Waals surface area contributed by atoms with Crippen LogP contribution in [0.2, 0.25) is 0 Å². The Bertz CT molecular complexity index is 1580. The Hall–Kier alpha value is -4.29. The van der Waals surface area contributed by atoms with Crippen molar-refractivity contribution in [2.45, 2.75) is 4.90 Å². The van der Waals surface area contributed by atoms with Crippen LogP contribution in [0.3, 0.4) is 0 Å². The molecule has 0 saturated heterocycles. The molecule has 5 rings (SSSR count). The minimum absolute atomic E-state index is 0.266. The highest BCUT2D eigenvalue weighted by Gasteiger charge is 2.17. The van der Waals surface area contributed by atoms with E-state index >= 15 is 0 Å². The quantitative estimate of drug-likeness (QED) is 0.261. The molecule has 0 aliphatic rings. The molecule has 1 N–H and O–H groups in total. The third kappa shape index (κ3) is 4.76. The summed E-state index contributed by atoms with van der Waals surface area (Å²) in [5.74, 6) is 0. The summed E-state index contributed by atoms with van der Waals surface area (Å²) >= 11 is 0. The number of sulfonamides is 1. The van der Waals surface area contributed by atoms with E-state index < -0.39 is 10.0 Å². The first-order valence-electron chi connectivity index (χ1n) is 11.7. The van der Waals surface area contributed by atoms with Crippen molar-refractivity contribution in [2.75, 3.05) is 28.6 Å². The van der Waals surface area contributed by atoms with Gasteiger partial charge >= 0.3 is 0 Å². The van der Waals surface area contributed by atoms with E-state index in [1.54, 1.807) is 24.3 Å². The zero-order chi connectivity index (χ0) is 25.1. The van der Waals surface area contributed by atoms with E-state index in [4.69, 9.17) is 0 Å². The first kappa shape index (κ1) is 23.5. The summed E-state index contributed by atoms with van der Waals surface area (Å²) in [5, 5.41) is 1.59. The van der Waals surface area contributed by atoms with Crippen LogP contribution in [-0.2, 0) is 10.0 Å². The molecule has 0 heterocycles. The molecule has 0 aliphatic heterocycles. The van der Waals surface area contributed by atoms with Gasteiger partial charge in [0.05, 0.1) is 4.90 Å². The summed E-state index contributed by atoms with van der Waals surface area (Å²) in [6.45, 7) is 0. The molecule has 0 spiro atoms. The van der Waals surface area contributed by atoms with Gasteiger partial charge in [-0.1, -0.05) is 54.6 Å². The Morgan fingerprint density at radius 2 is 1.00 bits per heavy atom. The number of fused-ring (bicyclic) bond motifs is 1. The van der Waals surface area contributed by atoms with Crippen molar-refractivity contribution in [3.8, 4) is 0 Å². The molecule has 0 radical (unpaired) electrons. The molecule has 5 nitrogen and oxygen atoms in total. The molecular weight excluding hydrogens is 466 g/mol. The third-order valence-corrected chi connectivity index (χ3v) is 7.75. The Labute approximate surface area is 212 Å². The molecule has 36 heavy (non-hydrogen) atoms. The van der Waals surface area contributed by atoms with Gasteiger partial charge in [0.2, 0.25) is 0 Å². The van der Waals surface area contributed by atoms with Gasteiger partial charge in [-0.3, -0.25) is 4.72 Å². The number of benzene rings is 5. The average Bonchev–Trinajstić information content (AvgIpc) is 2.93. The van der Waals surface area contributed by atoms with Gasteiger partial charge in [0.15, 0.2) is 0 Å². The second kappa shape index (κ2) is 9.76. The molecule has 0 saturated carbocycles. The Kier molecular flexibility index (Phi) is 6.36. The lowest BCUT2D eigenvalue weighted by atomic mass is 10.1. The standard InChI is InChI=1S/C30H27N3O2S/c1-32(25-11-4-3-5-12-25)27-19-21-28(22-20-27)33(2)26-17-15-24(16-18-26)31-36(34,35)30-14-8-10-23-9-6-7-13-29(23)30/h3-22,31H,1-2H3. The summed E-state index contributed by atoms with van der Waals surface area (Å²) in [4.78, 5) is 4.47. The van der Waals surface area contributed by atoms with E-state index in [1.165, 1.54) is 0 Å². The molecule has 6 heteroatoms. The number of hydrogen-bond acceptors (Lipinski definition) is 4. The van der Waals surface area contributed by atoms with Crippen LogP contribution in [0, 0.1) is 0 Å². The maximum atomic E-state index is 13.1. The topological polar surface area (TPSA) is 52.6 Å². The molecule has 0 atom stereocenters. The van der Waals surface area contributed by atoms with E-state index in [2.05, 4.69) is 50.9 Å². The Morgan fingerprint density at radius 3 is 1.61 bits per heavy atom. The van der Waals surface area contributed by atoms with Gasteiger partial charge in [0.1, 0.15) is 0 Å². The minimum Gasteiger partial charge on any atom is -0.345 e. The van der Waals surface area contributed by atoms with E-state index in [0.29, 0.717) is 11.1 Å². The molecule has 0 bridgehead atoms. The maximum absolute atomic E-state index is 13.1. The van der Waals surface area contributed by atoms with E-state index in [1.807, 2.05) is 74.8 Å². The number of hydrogen-bond donors (Lipinski definition) is 1. The van der Waals surface area contributed by atoms with Gasteiger partial charge in [-0.25, -0.2) is 8.42 Å². The van der Waals surface area contributed by atoms with E-state index in [0.717, 1.165) is 28.1 Å². The smallest absolute Gasteiger partial charge is 0.262 e.